The predicted octanol–water partition coefficient (Wildman–Crippen LogP) is 0.514. The average molecular weight is 128 g/mol. The van der Waals surface area contributed by atoms with Gasteiger partial charge in [0.1, 0.15) is 0 Å². The molecule has 0 aliphatic heterocycles. The van der Waals surface area contributed by atoms with Gasteiger partial charge in [-0.2, -0.15) is 5.48 Å². The molecule has 0 rings (SSSR count). The molecule has 0 aromatic rings. The molecule has 0 saturated heterocycles. The van der Waals surface area contributed by atoms with Gasteiger partial charge in [0.2, 0.25) is 0 Å². The van der Waals surface area contributed by atoms with Gasteiger partial charge >= 0.3 is 0 Å². The van der Waals surface area contributed by atoms with Gasteiger partial charge in [-0.25, -0.2) is 0 Å². The third kappa shape index (κ3) is 2.77. The first-order chi connectivity index (χ1) is 4.22. The van der Waals surface area contributed by atoms with E-state index in [1.165, 1.54) is 0 Å². The molecular formula is C6H12N2O. The molecule has 0 bridgehead atoms. The Balaban J connectivity index is 3.98. The van der Waals surface area contributed by atoms with Crippen molar-refractivity contribution in [3.05, 3.63) is 24.1 Å². The number of nitrogens with two attached hydrogens (primary N) is 1. The van der Waals surface area contributed by atoms with Crippen molar-refractivity contribution < 1.29 is 4.84 Å². The lowest BCUT2D eigenvalue weighted by molar-refractivity contribution is 0.134. The Morgan fingerprint density at radius 2 is 2.33 bits per heavy atom. The highest BCUT2D eigenvalue weighted by atomic mass is 16.6. The second-order valence-corrected chi connectivity index (χ2v) is 1.56. The third-order valence-corrected chi connectivity index (χ3v) is 0.786. The predicted molar refractivity (Wildman–Crippen MR) is 37.2 cm³/mol. The van der Waals surface area contributed by atoms with E-state index in [1.54, 1.807) is 20.0 Å². The van der Waals surface area contributed by atoms with Crippen LogP contribution >= 0.6 is 0 Å². The minimum Gasteiger partial charge on any atom is -0.407 e. The fraction of sp³-hybridized carbons (Fsp3) is 0.333. The summed E-state index contributed by atoms with van der Waals surface area (Å²) in [5.41, 5.74) is 8.48. The van der Waals surface area contributed by atoms with Crippen molar-refractivity contribution in [2.75, 3.05) is 7.05 Å². The molecule has 0 radical (unpaired) electrons. The van der Waals surface area contributed by atoms with Gasteiger partial charge in [0, 0.05) is 7.05 Å². The summed E-state index contributed by atoms with van der Waals surface area (Å²) in [5.74, 6) is 0.567. The lowest BCUT2D eigenvalue weighted by Crippen LogP contribution is -2.09. The van der Waals surface area contributed by atoms with Crippen molar-refractivity contribution in [2.45, 2.75) is 6.92 Å². The Bertz CT molecular complexity index is 125. The summed E-state index contributed by atoms with van der Waals surface area (Å²) in [6.07, 6.45) is 1.55. The maximum atomic E-state index is 5.38. The highest BCUT2D eigenvalue weighted by Crippen LogP contribution is 1.97. The Morgan fingerprint density at radius 1 is 1.78 bits per heavy atom. The quantitative estimate of drug-likeness (QED) is 0.331. The third-order valence-electron chi connectivity index (χ3n) is 0.786. The van der Waals surface area contributed by atoms with Crippen LogP contribution in [0.1, 0.15) is 6.92 Å². The number of hydrogen-bond donors (Lipinski definition) is 2. The maximum absolute atomic E-state index is 5.38. The normalized spacial score (nSPS) is 12.2. The lowest BCUT2D eigenvalue weighted by Gasteiger charge is -2.03. The van der Waals surface area contributed by atoms with E-state index in [9.17, 15) is 0 Å². The van der Waals surface area contributed by atoms with Gasteiger partial charge in [0.05, 0.1) is 5.70 Å². The minimum absolute atomic E-state index is 0.567. The Hall–Kier alpha value is -0.960. The summed E-state index contributed by atoms with van der Waals surface area (Å²) in [4.78, 5) is 4.84. The maximum Gasteiger partial charge on any atom is 0.164 e. The first kappa shape index (κ1) is 8.04. The van der Waals surface area contributed by atoms with Crippen molar-refractivity contribution in [1.29, 1.82) is 0 Å². The molecule has 0 aliphatic carbocycles. The van der Waals surface area contributed by atoms with Crippen LogP contribution in [0.4, 0.5) is 0 Å². The second kappa shape index (κ2) is 3.97. The zero-order valence-electron chi connectivity index (χ0n) is 5.77. The molecule has 3 nitrogen and oxygen atoms in total. The van der Waals surface area contributed by atoms with Gasteiger partial charge in [-0.05, 0) is 13.0 Å². The van der Waals surface area contributed by atoms with Crippen LogP contribution in [0.3, 0.4) is 0 Å². The standard InChI is InChI=1S/C6H12N2O/c1-4-6(5(2)7)9-8-3/h4,8H,1,7H2,2-3H3/b6-5+. The monoisotopic (exact) mass is 128 g/mol. The Labute approximate surface area is 55.1 Å². The SMILES string of the molecule is C=C/C(ONC)=C(/C)N. The van der Waals surface area contributed by atoms with E-state index in [0.717, 1.165) is 0 Å². The molecule has 0 fully saturated rings. The van der Waals surface area contributed by atoms with Crippen LogP contribution in [0.15, 0.2) is 24.1 Å². The molecule has 3 N–H and O–H groups in total. The summed E-state index contributed by atoms with van der Waals surface area (Å²) in [6, 6.07) is 0. The molecule has 9 heavy (non-hydrogen) atoms. The van der Waals surface area contributed by atoms with Crippen LogP contribution in [0.2, 0.25) is 0 Å². The van der Waals surface area contributed by atoms with Gasteiger partial charge in [-0.3, -0.25) is 0 Å². The molecule has 0 aromatic heterocycles. The van der Waals surface area contributed by atoms with E-state index >= 15 is 0 Å². The summed E-state index contributed by atoms with van der Waals surface area (Å²) in [6.45, 7) is 5.24. The number of nitrogens with one attached hydrogen (secondary N) is 1. The van der Waals surface area contributed by atoms with E-state index in [0.29, 0.717) is 11.5 Å². The fourth-order valence-electron chi connectivity index (χ4n) is 0.393. The molecule has 0 atom stereocenters. The van der Waals surface area contributed by atoms with Crippen molar-refractivity contribution in [2.24, 2.45) is 5.73 Å². The van der Waals surface area contributed by atoms with Crippen molar-refractivity contribution in [3.8, 4) is 0 Å². The number of allylic oxidation sites excluding steroid dienone is 2. The number of rotatable bonds is 3. The molecule has 52 valence electrons. The molecule has 3 heteroatoms. The highest BCUT2D eigenvalue weighted by molar-refractivity contribution is 5.13. The molecular weight excluding hydrogens is 116 g/mol. The van der Waals surface area contributed by atoms with Crippen molar-refractivity contribution in [3.63, 3.8) is 0 Å². The van der Waals surface area contributed by atoms with Crippen molar-refractivity contribution in [1.82, 2.24) is 5.48 Å². The first-order valence-electron chi connectivity index (χ1n) is 2.64. The van der Waals surface area contributed by atoms with Gasteiger partial charge in [-0.1, -0.05) is 6.58 Å². The molecule has 0 aliphatic rings. The van der Waals surface area contributed by atoms with Crippen LogP contribution in [-0.2, 0) is 4.84 Å². The van der Waals surface area contributed by atoms with Gasteiger partial charge < -0.3 is 10.6 Å². The molecule has 0 amide bonds. The van der Waals surface area contributed by atoms with Crippen LogP contribution < -0.4 is 11.2 Å². The smallest absolute Gasteiger partial charge is 0.164 e. The topological polar surface area (TPSA) is 47.3 Å². The van der Waals surface area contributed by atoms with Crippen molar-refractivity contribution >= 4 is 0 Å². The van der Waals surface area contributed by atoms with Gasteiger partial charge in [0.15, 0.2) is 5.76 Å². The van der Waals surface area contributed by atoms with Gasteiger partial charge in [0.25, 0.3) is 0 Å². The van der Waals surface area contributed by atoms with E-state index in [2.05, 4.69) is 12.1 Å². The summed E-state index contributed by atoms with van der Waals surface area (Å²) < 4.78 is 0. The Morgan fingerprint density at radius 3 is 2.44 bits per heavy atom. The first-order valence-corrected chi connectivity index (χ1v) is 2.64. The lowest BCUT2D eigenvalue weighted by atomic mass is 10.4. The van der Waals surface area contributed by atoms with E-state index in [4.69, 9.17) is 10.6 Å². The average Bonchev–Trinajstić information content (AvgIpc) is 1.82. The summed E-state index contributed by atoms with van der Waals surface area (Å²) in [7, 11) is 1.66. The van der Waals surface area contributed by atoms with Crippen LogP contribution in [0.25, 0.3) is 0 Å². The molecule has 0 aromatic carbocycles. The molecule has 0 heterocycles. The largest absolute Gasteiger partial charge is 0.407 e. The zero-order valence-corrected chi connectivity index (χ0v) is 5.77. The highest BCUT2D eigenvalue weighted by Gasteiger charge is 1.91. The minimum atomic E-state index is 0.567. The summed E-state index contributed by atoms with van der Waals surface area (Å²) in [5, 5.41) is 0. The van der Waals surface area contributed by atoms with E-state index in [1.807, 2.05) is 0 Å². The number of hydroxylamine groups is 1. The van der Waals surface area contributed by atoms with Crippen LogP contribution in [-0.4, -0.2) is 7.05 Å². The molecule has 0 spiro atoms. The van der Waals surface area contributed by atoms with Crippen LogP contribution in [0, 0.1) is 0 Å². The van der Waals surface area contributed by atoms with E-state index < -0.39 is 0 Å². The van der Waals surface area contributed by atoms with Crippen LogP contribution in [0.5, 0.6) is 0 Å². The zero-order chi connectivity index (χ0) is 7.28. The van der Waals surface area contributed by atoms with E-state index in [-0.39, 0.29) is 0 Å². The number of hydrogen-bond acceptors (Lipinski definition) is 3. The second-order valence-electron chi connectivity index (χ2n) is 1.56. The fourth-order valence-corrected chi connectivity index (χ4v) is 0.393. The molecule has 0 unspecified atom stereocenters. The molecule has 0 saturated carbocycles. The summed E-state index contributed by atoms with van der Waals surface area (Å²) >= 11 is 0. The Kier molecular flexibility index (Phi) is 3.55. The van der Waals surface area contributed by atoms with Gasteiger partial charge in [-0.15, -0.1) is 0 Å².